The summed E-state index contributed by atoms with van der Waals surface area (Å²) in [6.07, 6.45) is 8.10. The van der Waals surface area contributed by atoms with Gasteiger partial charge in [-0.3, -0.25) is 4.79 Å². The van der Waals surface area contributed by atoms with Gasteiger partial charge in [-0.05, 0) is 43.4 Å². The highest BCUT2D eigenvalue weighted by Crippen LogP contribution is 2.17. The smallest absolute Gasteiger partial charge is 0.249 e. The lowest BCUT2D eigenvalue weighted by molar-refractivity contribution is 0.0999. The Bertz CT molecular complexity index is 440. The normalized spacial score (nSPS) is 18.8. The van der Waals surface area contributed by atoms with Crippen molar-refractivity contribution in [2.24, 2.45) is 11.7 Å². The topological polar surface area (TPSA) is 55.1 Å². The average Bonchev–Trinajstić information content (AvgIpc) is 2.40. The second-order valence-electron chi connectivity index (χ2n) is 4.80. The number of benzene rings is 1. The van der Waals surface area contributed by atoms with Gasteiger partial charge >= 0.3 is 0 Å². The molecule has 0 aromatic heterocycles. The van der Waals surface area contributed by atoms with Crippen LogP contribution in [0, 0.1) is 5.92 Å². The van der Waals surface area contributed by atoms with Crippen LogP contribution in [0.25, 0.3) is 0 Å². The molecule has 1 aromatic carbocycles. The van der Waals surface area contributed by atoms with Gasteiger partial charge in [0.15, 0.2) is 0 Å². The molecule has 0 aliphatic heterocycles. The molecule has 96 valence electrons. The quantitative estimate of drug-likeness (QED) is 0.780. The van der Waals surface area contributed by atoms with Crippen molar-refractivity contribution in [3.63, 3.8) is 0 Å². The van der Waals surface area contributed by atoms with Crippen molar-refractivity contribution < 1.29 is 4.79 Å². The maximum absolute atomic E-state index is 11.3. The number of primary amides is 1. The summed E-state index contributed by atoms with van der Waals surface area (Å²) in [6.45, 7) is 1.71. The Labute approximate surface area is 108 Å². The molecule has 0 fully saturated rings. The molecule has 0 heterocycles. The van der Waals surface area contributed by atoms with E-state index in [4.69, 9.17) is 5.73 Å². The first-order valence-corrected chi connectivity index (χ1v) is 6.51. The van der Waals surface area contributed by atoms with E-state index in [1.165, 1.54) is 12.8 Å². The van der Waals surface area contributed by atoms with E-state index in [2.05, 4.69) is 17.5 Å². The predicted molar refractivity (Wildman–Crippen MR) is 73.1 cm³/mol. The minimum absolute atomic E-state index is 0.354. The molecule has 1 atom stereocenters. The molecule has 0 bridgehead atoms. The Morgan fingerprint density at radius 1 is 1.33 bits per heavy atom. The first-order valence-electron chi connectivity index (χ1n) is 6.51. The lowest BCUT2D eigenvalue weighted by atomic mass is 9.94. The van der Waals surface area contributed by atoms with Crippen molar-refractivity contribution in [1.29, 1.82) is 0 Å². The van der Waals surface area contributed by atoms with Crippen molar-refractivity contribution in [2.45, 2.75) is 25.8 Å². The highest BCUT2D eigenvalue weighted by Gasteiger charge is 2.10. The molecule has 3 heteroatoms. The van der Waals surface area contributed by atoms with Crippen LogP contribution in [-0.4, -0.2) is 12.5 Å². The summed E-state index contributed by atoms with van der Waals surface area (Å²) in [7, 11) is 0. The minimum Gasteiger partial charge on any atom is -0.366 e. The first kappa shape index (κ1) is 12.8. The maximum atomic E-state index is 11.3. The van der Waals surface area contributed by atoms with Crippen LogP contribution in [0.3, 0.4) is 0 Å². The Kier molecular flexibility index (Phi) is 4.53. The van der Waals surface area contributed by atoms with Crippen molar-refractivity contribution in [1.82, 2.24) is 5.32 Å². The van der Waals surface area contributed by atoms with Crippen LogP contribution in [0.15, 0.2) is 36.4 Å². The molecule has 2 rings (SSSR count). The van der Waals surface area contributed by atoms with E-state index in [0.29, 0.717) is 12.1 Å². The number of nitrogens with one attached hydrogen (secondary N) is 1. The molecule has 1 aliphatic carbocycles. The highest BCUT2D eigenvalue weighted by molar-refractivity contribution is 5.94. The molecule has 1 unspecified atom stereocenters. The van der Waals surface area contributed by atoms with E-state index in [-0.39, 0.29) is 5.91 Å². The predicted octanol–water partition coefficient (Wildman–Crippen LogP) is 2.23. The summed E-state index contributed by atoms with van der Waals surface area (Å²) in [4.78, 5) is 11.3. The molecule has 0 saturated carbocycles. The summed E-state index contributed by atoms with van der Waals surface area (Å²) in [5.41, 5.74) is 6.96. The number of carbonyl (C=O) groups excluding carboxylic acids is 1. The van der Waals surface area contributed by atoms with E-state index >= 15 is 0 Å². The number of hydrogen-bond donors (Lipinski definition) is 2. The van der Waals surface area contributed by atoms with Gasteiger partial charge in [0.05, 0.1) is 0 Å². The molecule has 3 N–H and O–H groups in total. The van der Waals surface area contributed by atoms with Crippen LogP contribution in [-0.2, 0) is 6.54 Å². The van der Waals surface area contributed by atoms with Gasteiger partial charge in [0.2, 0.25) is 5.91 Å². The summed E-state index contributed by atoms with van der Waals surface area (Å²) in [6, 6.07) is 7.51. The van der Waals surface area contributed by atoms with Crippen LogP contribution in [0.5, 0.6) is 0 Å². The zero-order valence-corrected chi connectivity index (χ0v) is 10.6. The average molecular weight is 244 g/mol. The molecule has 0 radical (unpaired) electrons. The lowest BCUT2D eigenvalue weighted by Gasteiger charge is -2.18. The van der Waals surface area contributed by atoms with Gasteiger partial charge in [0.25, 0.3) is 0 Å². The Balaban J connectivity index is 1.86. The van der Waals surface area contributed by atoms with E-state index in [1.54, 1.807) is 6.07 Å². The van der Waals surface area contributed by atoms with Crippen LogP contribution in [0.2, 0.25) is 0 Å². The number of carbonyl (C=O) groups is 1. The van der Waals surface area contributed by atoms with E-state index in [1.807, 2.05) is 18.2 Å². The number of amides is 1. The molecular formula is C15H20N2O. The molecule has 1 aromatic rings. The molecule has 0 spiro atoms. The largest absolute Gasteiger partial charge is 0.366 e. The Morgan fingerprint density at radius 3 is 2.89 bits per heavy atom. The number of rotatable bonds is 5. The fourth-order valence-electron chi connectivity index (χ4n) is 2.37. The van der Waals surface area contributed by atoms with Gasteiger partial charge in [0, 0.05) is 12.1 Å². The van der Waals surface area contributed by atoms with Crippen LogP contribution >= 0.6 is 0 Å². The zero-order valence-electron chi connectivity index (χ0n) is 10.6. The fourth-order valence-corrected chi connectivity index (χ4v) is 2.37. The van der Waals surface area contributed by atoms with E-state index < -0.39 is 0 Å². The molecular weight excluding hydrogens is 224 g/mol. The van der Waals surface area contributed by atoms with Gasteiger partial charge in [-0.1, -0.05) is 30.4 Å². The fraction of sp³-hybridized carbons (Fsp3) is 0.400. The van der Waals surface area contributed by atoms with Crippen LogP contribution in [0.1, 0.15) is 35.2 Å². The second kappa shape index (κ2) is 6.36. The summed E-state index contributed by atoms with van der Waals surface area (Å²) < 4.78 is 0. The third kappa shape index (κ3) is 3.44. The molecule has 1 aliphatic rings. The van der Waals surface area contributed by atoms with Crippen molar-refractivity contribution in [2.75, 3.05) is 6.54 Å². The summed E-state index contributed by atoms with van der Waals surface area (Å²) in [5.74, 6) is 0.365. The third-order valence-electron chi connectivity index (χ3n) is 3.41. The van der Waals surface area contributed by atoms with Gasteiger partial charge < -0.3 is 11.1 Å². The standard InChI is InChI=1S/C15H20N2O/c16-15(18)14-9-5-4-8-13(14)11-17-10-12-6-2-1-3-7-12/h1-2,4-5,8-9,12,17H,3,6-7,10-11H2,(H2,16,18). The second-order valence-corrected chi connectivity index (χ2v) is 4.80. The van der Waals surface area contributed by atoms with Gasteiger partial charge in [-0.2, -0.15) is 0 Å². The zero-order chi connectivity index (χ0) is 12.8. The SMILES string of the molecule is NC(=O)c1ccccc1CNCC1CC=CCC1. The van der Waals surface area contributed by atoms with Gasteiger partial charge in [-0.25, -0.2) is 0 Å². The molecule has 18 heavy (non-hydrogen) atoms. The van der Waals surface area contributed by atoms with Crippen molar-refractivity contribution >= 4 is 5.91 Å². The van der Waals surface area contributed by atoms with Crippen molar-refractivity contribution in [3.05, 3.63) is 47.5 Å². The maximum Gasteiger partial charge on any atom is 0.249 e. The van der Waals surface area contributed by atoms with Gasteiger partial charge in [0.1, 0.15) is 0 Å². The third-order valence-corrected chi connectivity index (χ3v) is 3.41. The first-order chi connectivity index (χ1) is 8.77. The van der Waals surface area contributed by atoms with E-state index in [9.17, 15) is 4.79 Å². The monoisotopic (exact) mass is 244 g/mol. The summed E-state index contributed by atoms with van der Waals surface area (Å²) in [5, 5.41) is 3.42. The number of nitrogens with two attached hydrogens (primary N) is 1. The molecule has 0 saturated heterocycles. The highest BCUT2D eigenvalue weighted by atomic mass is 16.1. The molecule has 3 nitrogen and oxygen atoms in total. The van der Waals surface area contributed by atoms with Gasteiger partial charge in [-0.15, -0.1) is 0 Å². The van der Waals surface area contributed by atoms with Crippen LogP contribution < -0.4 is 11.1 Å². The summed E-state index contributed by atoms with van der Waals surface area (Å²) >= 11 is 0. The lowest BCUT2D eigenvalue weighted by Crippen LogP contribution is -2.24. The minimum atomic E-state index is -0.354. The number of hydrogen-bond acceptors (Lipinski definition) is 2. The van der Waals surface area contributed by atoms with Crippen LogP contribution in [0.4, 0.5) is 0 Å². The Morgan fingerprint density at radius 2 is 2.17 bits per heavy atom. The van der Waals surface area contributed by atoms with Crippen molar-refractivity contribution in [3.8, 4) is 0 Å². The Hall–Kier alpha value is -1.61. The number of allylic oxidation sites excluding steroid dienone is 2. The molecule has 1 amide bonds. The van der Waals surface area contributed by atoms with E-state index in [0.717, 1.165) is 24.4 Å².